The molecule has 0 spiro atoms. The standard InChI is InChI=1S/C19H30N6/c1-5-18(23-7-6-20-14-23)13-19(25-11-9-22(4)16-25)12-17(2)24-10-8-21(3)15-24/h6-11,14-19H,5,12-13H2,1-4H3/q+2. The number of hydrogen-bond donors (Lipinski definition) is 0. The summed E-state index contributed by atoms with van der Waals surface area (Å²) in [5.41, 5.74) is 0. The van der Waals surface area contributed by atoms with Crippen molar-refractivity contribution < 1.29 is 9.13 Å². The molecule has 3 aromatic heterocycles. The minimum atomic E-state index is 0.441. The second kappa shape index (κ2) is 7.68. The van der Waals surface area contributed by atoms with Gasteiger partial charge in [-0.15, -0.1) is 0 Å². The molecule has 6 nitrogen and oxygen atoms in total. The Morgan fingerprint density at radius 3 is 2.08 bits per heavy atom. The lowest BCUT2D eigenvalue weighted by molar-refractivity contribution is -0.671. The van der Waals surface area contributed by atoms with Crippen molar-refractivity contribution in [2.45, 2.75) is 51.2 Å². The Hall–Kier alpha value is -2.37. The van der Waals surface area contributed by atoms with Crippen LogP contribution in [0.2, 0.25) is 0 Å². The fraction of sp³-hybridized carbons (Fsp3) is 0.526. The van der Waals surface area contributed by atoms with Crippen LogP contribution in [0.15, 0.2) is 56.2 Å². The van der Waals surface area contributed by atoms with Crippen LogP contribution in [-0.4, -0.2) is 18.7 Å². The maximum atomic E-state index is 4.23. The smallest absolute Gasteiger partial charge is 0.243 e. The van der Waals surface area contributed by atoms with Gasteiger partial charge in [0.15, 0.2) is 0 Å². The van der Waals surface area contributed by atoms with E-state index in [0.29, 0.717) is 18.1 Å². The van der Waals surface area contributed by atoms with Gasteiger partial charge >= 0.3 is 0 Å². The van der Waals surface area contributed by atoms with Crippen LogP contribution in [0.25, 0.3) is 0 Å². The molecule has 0 radical (unpaired) electrons. The maximum Gasteiger partial charge on any atom is 0.243 e. The third kappa shape index (κ3) is 4.18. The Bertz CT molecular complexity index is 770. The first kappa shape index (κ1) is 17.5. The molecule has 3 aromatic rings. The lowest BCUT2D eigenvalue weighted by Gasteiger charge is -2.23. The summed E-state index contributed by atoms with van der Waals surface area (Å²) in [6.07, 6.45) is 22.1. The molecule has 3 atom stereocenters. The molecular weight excluding hydrogens is 312 g/mol. The SMILES string of the molecule is CCC(CC(CC(C)n1cc[n+](C)c1)n1cc[n+](C)c1)n1ccnc1. The van der Waals surface area contributed by atoms with E-state index in [4.69, 9.17) is 0 Å². The average Bonchev–Trinajstić information content (AvgIpc) is 3.33. The second-order valence-electron chi connectivity index (χ2n) is 7.10. The van der Waals surface area contributed by atoms with Crippen molar-refractivity contribution in [2.24, 2.45) is 14.1 Å². The van der Waals surface area contributed by atoms with E-state index in [0.717, 1.165) is 19.3 Å². The minimum Gasteiger partial charge on any atom is -0.334 e. The average molecular weight is 342 g/mol. The first-order chi connectivity index (χ1) is 12.1. The van der Waals surface area contributed by atoms with E-state index in [-0.39, 0.29) is 0 Å². The van der Waals surface area contributed by atoms with Crippen LogP contribution in [0, 0.1) is 0 Å². The lowest BCUT2D eigenvalue weighted by Crippen LogP contribution is -2.26. The summed E-state index contributed by atoms with van der Waals surface area (Å²) in [6.45, 7) is 4.56. The minimum absolute atomic E-state index is 0.441. The van der Waals surface area contributed by atoms with Gasteiger partial charge in [0, 0.05) is 31.3 Å². The molecular formula is C19H30N6+2. The summed E-state index contributed by atoms with van der Waals surface area (Å²) in [5.74, 6) is 0. The van der Waals surface area contributed by atoms with Gasteiger partial charge in [0.1, 0.15) is 36.9 Å². The van der Waals surface area contributed by atoms with E-state index in [2.05, 4.69) is 99.4 Å². The van der Waals surface area contributed by atoms with E-state index in [1.165, 1.54) is 0 Å². The topological polar surface area (TPSA) is 35.4 Å². The van der Waals surface area contributed by atoms with Crippen molar-refractivity contribution in [1.29, 1.82) is 0 Å². The van der Waals surface area contributed by atoms with Gasteiger partial charge in [-0.05, 0) is 13.3 Å². The highest BCUT2D eigenvalue weighted by Crippen LogP contribution is 2.30. The monoisotopic (exact) mass is 342 g/mol. The third-order valence-corrected chi connectivity index (χ3v) is 5.08. The third-order valence-electron chi connectivity index (χ3n) is 5.08. The first-order valence-electron chi connectivity index (χ1n) is 9.09. The van der Waals surface area contributed by atoms with Crippen molar-refractivity contribution in [2.75, 3.05) is 0 Å². The van der Waals surface area contributed by atoms with E-state index in [9.17, 15) is 0 Å². The molecule has 0 amide bonds. The predicted molar refractivity (Wildman–Crippen MR) is 95.8 cm³/mol. The van der Waals surface area contributed by atoms with Crippen LogP contribution in [-0.2, 0) is 14.1 Å². The zero-order valence-corrected chi connectivity index (χ0v) is 15.7. The number of rotatable bonds is 8. The molecule has 0 aromatic carbocycles. The van der Waals surface area contributed by atoms with Crippen LogP contribution < -0.4 is 9.13 Å². The Balaban J connectivity index is 1.79. The predicted octanol–water partition coefficient (Wildman–Crippen LogP) is 2.37. The number of aromatic nitrogens is 6. The van der Waals surface area contributed by atoms with Gasteiger partial charge in [0.05, 0.1) is 20.4 Å². The molecule has 0 fully saturated rings. The van der Waals surface area contributed by atoms with E-state index in [1.54, 1.807) is 0 Å². The molecule has 134 valence electrons. The van der Waals surface area contributed by atoms with Gasteiger partial charge in [-0.3, -0.25) is 0 Å². The summed E-state index contributed by atoms with van der Waals surface area (Å²) >= 11 is 0. The van der Waals surface area contributed by atoms with Crippen molar-refractivity contribution in [1.82, 2.24) is 18.7 Å². The van der Waals surface area contributed by atoms with Crippen LogP contribution in [0.1, 0.15) is 51.2 Å². The molecule has 25 heavy (non-hydrogen) atoms. The second-order valence-corrected chi connectivity index (χ2v) is 7.10. The van der Waals surface area contributed by atoms with Crippen molar-refractivity contribution in [3.8, 4) is 0 Å². The van der Waals surface area contributed by atoms with Gasteiger partial charge in [-0.2, -0.15) is 0 Å². The van der Waals surface area contributed by atoms with Gasteiger partial charge in [-0.1, -0.05) is 6.92 Å². The van der Waals surface area contributed by atoms with Gasteiger partial charge in [-0.25, -0.2) is 23.3 Å². The van der Waals surface area contributed by atoms with Crippen molar-refractivity contribution in [3.63, 3.8) is 0 Å². The van der Waals surface area contributed by atoms with Gasteiger partial charge in [0.25, 0.3) is 0 Å². The summed E-state index contributed by atoms with van der Waals surface area (Å²) in [6, 6.07) is 1.35. The van der Waals surface area contributed by atoms with Crippen molar-refractivity contribution in [3.05, 3.63) is 56.2 Å². The lowest BCUT2D eigenvalue weighted by atomic mass is 9.98. The number of imidazole rings is 3. The van der Waals surface area contributed by atoms with Gasteiger partial charge in [0.2, 0.25) is 12.7 Å². The summed E-state index contributed by atoms with van der Waals surface area (Å²) in [5, 5.41) is 0. The fourth-order valence-electron chi connectivity index (χ4n) is 3.57. The van der Waals surface area contributed by atoms with Crippen LogP contribution in [0.5, 0.6) is 0 Å². The van der Waals surface area contributed by atoms with Crippen LogP contribution in [0.3, 0.4) is 0 Å². The molecule has 0 aliphatic heterocycles. The van der Waals surface area contributed by atoms with E-state index < -0.39 is 0 Å². The highest BCUT2D eigenvalue weighted by Gasteiger charge is 2.26. The molecule has 3 unspecified atom stereocenters. The molecule has 3 heterocycles. The molecule has 0 aliphatic carbocycles. The first-order valence-corrected chi connectivity index (χ1v) is 9.09. The van der Waals surface area contributed by atoms with E-state index in [1.807, 2.05) is 12.5 Å². The molecule has 0 N–H and O–H groups in total. The molecule has 0 saturated carbocycles. The highest BCUT2D eigenvalue weighted by molar-refractivity contribution is 4.86. The maximum absolute atomic E-state index is 4.23. The molecule has 0 aliphatic rings. The van der Waals surface area contributed by atoms with Gasteiger partial charge < -0.3 is 4.57 Å². The largest absolute Gasteiger partial charge is 0.334 e. The van der Waals surface area contributed by atoms with E-state index >= 15 is 0 Å². The normalized spacial score (nSPS) is 15.2. The quantitative estimate of drug-likeness (QED) is 0.579. The number of nitrogens with zero attached hydrogens (tertiary/aromatic N) is 6. The summed E-state index contributed by atoms with van der Waals surface area (Å²) in [4.78, 5) is 4.23. The Labute approximate surface area is 150 Å². The zero-order valence-electron chi connectivity index (χ0n) is 15.7. The summed E-state index contributed by atoms with van der Waals surface area (Å²) < 4.78 is 11.1. The fourth-order valence-corrected chi connectivity index (χ4v) is 3.57. The highest BCUT2D eigenvalue weighted by atomic mass is 15.1. The molecule has 6 heteroatoms. The van der Waals surface area contributed by atoms with Crippen molar-refractivity contribution >= 4 is 0 Å². The summed E-state index contributed by atoms with van der Waals surface area (Å²) in [7, 11) is 4.15. The number of aryl methyl sites for hydroxylation is 2. The number of hydrogen-bond acceptors (Lipinski definition) is 1. The molecule has 3 rings (SSSR count). The molecule has 0 bridgehead atoms. The Morgan fingerprint density at radius 2 is 1.56 bits per heavy atom. The Morgan fingerprint density at radius 1 is 0.880 bits per heavy atom. The zero-order chi connectivity index (χ0) is 17.8. The molecule has 0 saturated heterocycles. The Kier molecular flexibility index (Phi) is 5.36. The van der Waals surface area contributed by atoms with Crippen LogP contribution >= 0.6 is 0 Å². The van der Waals surface area contributed by atoms with Crippen LogP contribution in [0.4, 0.5) is 0 Å².